The van der Waals surface area contributed by atoms with E-state index in [0.29, 0.717) is 0 Å². The molecule has 1 aliphatic heterocycles. The van der Waals surface area contributed by atoms with Crippen LogP contribution in [-0.4, -0.2) is 36.0 Å². The predicted molar refractivity (Wildman–Crippen MR) is 111 cm³/mol. The molecule has 0 unspecified atom stereocenters. The molecular weight excluding hydrogens is 372 g/mol. The van der Waals surface area contributed by atoms with Gasteiger partial charge in [-0.15, -0.1) is 0 Å². The van der Waals surface area contributed by atoms with Gasteiger partial charge in [-0.2, -0.15) is 0 Å². The van der Waals surface area contributed by atoms with Crippen molar-refractivity contribution < 1.29 is 8.42 Å². The molecule has 1 aromatic heterocycles. The molecule has 7 heteroatoms. The molecule has 2 aromatic rings. The summed E-state index contributed by atoms with van der Waals surface area (Å²) >= 11 is 0. The lowest BCUT2D eigenvalue weighted by molar-refractivity contribution is 0.0796. The molecule has 2 N–H and O–H groups in total. The minimum atomic E-state index is -3.72. The van der Waals surface area contributed by atoms with Crippen molar-refractivity contribution in [2.75, 3.05) is 13.1 Å². The van der Waals surface area contributed by atoms with Gasteiger partial charge in [0.25, 0.3) is 0 Å². The monoisotopic (exact) mass is 404 g/mol. The summed E-state index contributed by atoms with van der Waals surface area (Å²) in [7, 11) is -3.72. The van der Waals surface area contributed by atoms with Gasteiger partial charge in [0.15, 0.2) is 0 Å². The van der Waals surface area contributed by atoms with Crippen LogP contribution in [0.4, 0.5) is 0 Å². The van der Waals surface area contributed by atoms with Gasteiger partial charge in [-0.1, -0.05) is 32.6 Å². The predicted octanol–water partition coefficient (Wildman–Crippen LogP) is 3.50. The second-order valence-electron chi connectivity index (χ2n) is 8.56. The van der Waals surface area contributed by atoms with Crippen molar-refractivity contribution in [2.45, 2.75) is 69.9 Å². The number of benzene rings is 1. The molecule has 0 radical (unpaired) electrons. The van der Waals surface area contributed by atoms with Gasteiger partial charge in [0.2, 0.25) is 10.0 Å². The summed E-state index contributed by atoms with van der Waals surface area (Å²) < 4.78 is 25.7. The van der Waals surface area contributed by atoms with Crippen LogP contribution in [0.1, 0.15) is 57.7 Å². The Morgan fingerprint density at radius 3 is 2.71 bits per heavy atom. The number of aromatic nitrogens is 2. The molecule has 154 valence electrons. The second kappa shape index (κ2) is 8.13. The Bertz CT molecular complexity index is 937. The van der Waals surface area contributed by atoms with Crippen LogP contribution in [0.15, 0.2) is 23.1 Å². The van der Waals surface area contributed by atoms with Crippen LogP contribution in [0.25, 0.3) is 11.0 Å². The van der Waals surface area contributed by atoms with Crippen LogP contribution in [-0.2, 0) is 23.1 Å². The lowest BCUT2D eigenvalue weighted by Gasteiger charge is -2.41. The highest BCUT2D eigenvalue weighted by Crippen LogP contribution is 2.36. The van der Waals surface area contributed by atoms with Gasteiger partial charge < -0.3 is 4.57 Å². The summed E-state index contributed by atoms with van der Waals surface area (Å²) in [6.45, 7) is 6.25. The molecule has 1 saturated carbocycles. The minimum absolute atomic E-state index is 0.134. The van der Waals surface area contributed by atoms with Gasteiger partial charge >= 0.3 is 0 Å². The van der Waals surface area contributed by atoms with E-state index in [1.165, 1.54) is 38.6 Å². The number of primary sulfonamides is 1. The number of sulfonamides is 1. The Morgan fingerprint density at radius 1 is 1.18 bits per heavy atom. The quantitative estimate of drug-likeness (QED) is 0.799. The molecule has 2 heterocycles. The van der Waals surface area contributed by atoms with Gasteiger partial charge in [-0.05, 0) is 55.8 Å². The van der Waals surface area contributed by atoms with E-state index in [0.717, 1.165) is 61.2 Å². The number of nitrogens with two attached hydrogens (primary N) is 1. The number of fused-ring (bicyclic) bond motifs is 2. The lowest BCUT2D eigenvalue weighted by atomic mass is 9.75. The zero-order valence-electron chi connectivity index (χ0n) is 16.8. The third-order valence-corrected chi connectivity index (χ3v) is 7.51. The smallest absolute Gasteiger partial charge is 0.238 e. The highest BCUT2D eigenvalue weighted by molar-refractivity contribution is 7.89. The third kappa shape index (κ3) is 4.11. The van der Waals surface area contributed by atoms with Crippen LogP contribution in [0.2, 0.25) is 0 Å². The van der Waals surface area contributed by atoms with E-state index in [2.05, 4.69) is 16.4 Å². The van der Waals surface area contributed by atoms with Crippen LogP contribution in [0.5, 0.6) is 0 Å². The van der Waals surface area contributed by atoms with Crippen molar-refractivity contribution in [2.24, 2.45) is 17.0 Å². The van der Waals surface area contributed by atoms with E-state index in [9.17, 15) is 8.42 Å². The molecule has 0 spiro atoms. The average molecular weight is 405 g/mol. The van der Waals surface area contributed by atoms with Crippen LogP contribution < -0.4 is 5.14 Å². The topological polar surface area (TPSA) is 81.2 Å². The summed E-state index contributed by atoms with van der Waals surface area (Å²) in [5, 5.41) is 5.31. The Balaban J connectivity index is 1.61. The van der Waals surface area contributed by atoms with Crippen molar-refractivity contribution in [1.29, 1.82) is 0 Å². The normalized spacial score (nSPS) is 23.8. The molecule has 0 bridgehead atoms. The Hall–Kier alpha value is -1.44. The van der Waals surface area contributed by atoms with E-state index < -0.39 is 10.0 Å². The fraction of sp³-hybridized carbons (Fsp3) is 0.667. The Labute approximate surface area is 168 Å². The molecule has 1 aliphatic carbocycles. The van der Waals surface area contributed by atoms with E-state index in [4.69, 9.17) is 10.1 Å². The van der Waals surface area contributed by atoms with Crippen LogP contribution in [0.3, 0.4) is 0 Å². The summed E-state index contributed by atoms with van der Waals surface area (Å²) in [6, 6.07) is 5.07. The van der Waals surface area contributed by atoms with Gasteiger partial charge in [0.1, 0.15) is 5.82 Å². The summed E-state index contributed by atoms with van der Waals surface area (Å²) in [4.78, 5) is 7.53. The largest absolute Gasteiger partial charge is 0.327 e. The summed E-state index contributed by atoms with van der Waals surface area (Å²) in [5.41, 5.74) is 1.73. The molecule has 6 nitrogen and oxygen atoms in total. The minimum Gasteiger partial charge on any atom is -0.327 e. The van der Waals surface area contributed by atoms with E-state index in [-0.39, 0.29) is 4.90 Å². The van der Waals surface area contributed by atoms with E-state index >= 15 is 0 Å². The van der Waals surface area contributed by atoms with Crippen LogP contribution in [0, 0.1) is 11.8 Å². The molecular formula is C21H32N4O2S. The summed E-state index contributed by atoms with van der Waals surface area (Å²) in [6.07, 6.45) is 9.05. The van der Waals surface area contributed by atoms with Crippen molar-refractivity contribution in [3.63, 3.8) is 0 Å². The maximum Gasteiger partial charge on any atom is 0.238 e. The summed E-state index contributed by atoms with van der Waals surface area (Å²) in [5.74, 6) is 2.80. The SMILES string of the molecule is CCCCn1c(CN2CC[C@@H]3CCCC[C@@H]3C2)nc2cc(S(N)(=O)=O)ccc21. The molecule has 2 atom stereocenters. The number of rotatable bonds is 6. The number of imidazole rings is 1. The van der Waals surface area contributed by atoms with Gasteiger partial charge in [0, 0.05) is 13.1 Å². The van der Waals surface area contributed by atoms with Crippen molar-refractivity contribution in [3.05, 3.63) is 24.0 Å². The fourth-order valence-electron chi connectivity index (χ4n) is 5.04. The molecule has 2 aliphatic rings. The van der Waals surface area contributed by atoms with Crippen LogP contribution >= 0.6 is 0 Å². The molecule has 1 aromatic carbocycles. The van der Waals surface area contributed by atoms with Gasteiger partial charge in [0.05, 0.1) is 22.5 Å². The zero-order valence-corrected chi connectivity index (χ0v) is 17.6. The standard InChI is InChI=1S/C21H32N4O2S/c1-2-3-11-25-20-9-8-18(28(22,26)27)13-19(20)23-21(25)15-24-12-10-16-6-4-5-7-17(16)14-24/h8-9,13,16-17H,2-7,10-12,14-15H2,1H3,(H2,22,26,27)/t16-,17+/m0/s1. The number of unbranched alkanes of at least 4 members (excludes halogenated alkanes) is 1. The number of nitrogens with zero attached hydrogens (tertiary/aromatic N) is 3. The first-order valence-electron chi connectivity index (χ1n) is 10.7. The Kier molecular flexibility index (Phi) is 5.76. The van der Waals surface area contributed by atoms with Crippen molar-refractivity contribution in [3.8, 4) is 0 Å². The molecule has 0 amide bonds. The number of likely N-dealkylation sites (tertiary alicyclic amines) is 1. The number of piperidine rings is 1. The molecule has 1 saturated heterocycles. The molecule has 4 rings (SSSR count). The highest BCUT2D eigenvalue weighted by atomic mass is 32.2. The van der Waals surface area contributed by atoms with E-state index in [1.54, 1.807) is 12.1 Å². The first kappa shape index (κ1) is 19.9. The molecule has 28 heavy (non-hydrogen) atoms. The molecule has 2 fully saturated rings. The number of aryl methyl sites for hydroxylation is 1. The average Bonchev–Trinajstić information content (AvgIpc) is 3.01. The first-order chi connectivity index (χ1) is 13.5. The first-order valence-corrected chi connectivity index (χ1v) is 12.2. The van der Waals surface area contributed by atoms with Crippen molar-refractivity contribution >= 4 is 21.1 Å². The zero-order chi connectivity index (χ0) is 19.7. The fourth-order valence-corrected chi connectivity index (χ4v) is 5.58. The lowest BCUT2D eigenvalue weighted by Crippen LogP contribution is -2.41. The number of hydrogen-bond acceptors (Lipinski definition) is 4. The maximum atomic E-state index is 11.7. The third-order valence-electron chi connectivity index (χ3n) is 6.60. The second-order valence-corrected chi connectivity index (χ2v) is 10.1. The number of hydrogen-bond donors (Lipinski definition) is 1. The highest BCUT2D eigenvalue weighted by Gasteiger charge is 2.31. The van der Waals surface area contributed by atoms with E-state index in [1.807, 2.05) is 6.07 Å². The maximum absolute atomic E-state index is 11.7. The van der Waals surface area contributed by atoms with Gasteiger partial charge in [-0.25, -0.2) is 18.5 Å². The Morgan fingerprint density at radius 2 is 1.96 bits per heavy atom. The van der Waals surface area contributed by atoms with Gasteiger partial charge in [-0.3, -0.25) is 4.90 Å². The van der Waals surface area contributed by atoms with Crippen molar-refractivity contribution in [1.82, 2.24) is 14.5 Å².